The molecule has 2 heteroatoms. The Morgan fingerprint density at radius 1 is 1.11 bits per heavy atom. The lowest BCUT2D eigenvalue weighted by Gasteiger charge is -2.35. The van der Waals surface area contributed by atoms with E-state index in [1.54, 1.807) is 0 Å². The molecular formula is C17H33NO. The molecule has 112 valence electrons. The molecule has 0 aromatic carbocycles. The van der Waals surface area contributed by atoms with Gasteiger partial charge >= 0.3 is 0 Å². The predicted octanol–water partition coefficient (Wildman–Crippen LogP) is 4.28. The zero-order valence-corrected chi connectivity index (χ0v) is 13.6. The normalized spacial score (nSPS) is 29.8. The first-order valence-electron chi connectivity index (χ1n) is 8.13. The topological polar surface area (TPSA) is 21.3 Å². The number of rotatable bonds is 4. The van der Waals surface area contributed by atoms with Gasteiger partial charge in [-0.3, -0.25) is 0 Å². The van der Waals surface area contributed by atoms with E-state index in [2.05, 4.69) is 39.9 Å². The molecule has 0 aromatic rings. The maximum atomic E-state index is 6.24. The number of hydrogen-bond acceptors (Lipinski definition) is 2. The first-order valence-corrected chi connectivity index (χ1v) is 8.13. The molecule has 2 nitrogen and oxygen atoms in total. The summed E-state index contributed by atoms with van der Waals surface area (Å²) >= 11 is 0. The molecule has 2 aliphatic rings. The Morgan fingerprint density at radius 2 is 1.74 bits per heavy atom. The highest BCUT2D eigenvalue weighted by atomic mass is 16.5. The van der Waals surface area contributed by atoms with Crippen molar-refractivity contribution in [1.82, 2.24) is 5.32 Å². The van der Waals surface area contributed by atoms with Crippen molar-refractivity contribution in [3.8, 4) is 0 Å². The molecule has 1 saturated heterocycles. The van der Waals surface area contributed by atoms with Crippen LogP contribution in [-0.4, -0.2) is 23.8 Å². The van der Waals surface area contributed by atoms with Crippen molar-refractivity contribution >= 4 is 0 Å². The van der Waals surface area contributed by atoms with Crippen LogP contribution in [0.1, 0.15) is 79.6 Å². The minimum atomic E-state index is 0.113. The van der Waals surface area contributed by atoms with Gasteiger partial charge in [-0.15, -0.1) is 0 Å². The van der Waals surface area contributed by atoms with Gasteiger partial charge in [0.25, 0.3) is 0 Å². The lowest BCUT2D eigenvalue weighted by Crippen LogP contribution is -2.44. The van der Waals surface area contributed by atoms with Gasteiger partial charge in [0.15, 0.2) is 0 Å². The quantitative estimate of drug-likeness (QED) is 0.820. The van der Waals surface area contributed by atoms with E-state index < -0.39 is 0 Å². The van der Waals surface area contributed by atoms with Gasteiger partial charge in [-0.2, -0.15) is 0 Å². The van der Waals surface area contributed by atoms with Gasteiger partial charge in [-0.05, 0) is 72.1 Å². The Hall–Kier alpha value is -0.0800. The Bertz CT molecular complexity index is 297. The van der Waals surface area contributed by atoms with Gasteiger partial charge < -0.3 is 10.1 Å². The monoisotopic (exact) mass is 267 g/mol. The van der Waals surface area contributed by atoms with E-state index in [4.69, 9.17) is 4.74 Å². The van der Waals surface area contributed by atoms with Crippen molar-refractivity contribution < 1.29 is 4.74 Å². The molecule has 0 spiro atoms. The molecule has 1 unspecified atom stereocenters. The lowest BCUT2D eigenvalue weighted by atomic mass is 9.79. The van der Waals surface area contributed by atoms with E-state index in [1.807, 2.05) is 0 Å². The third kappa shape index (κ3) is 4.46. The average Bonchev–Trinajstić information content (AvgIpc) is 2.83. The predicted molar refractivity (Wildman–Crippen MR) is 81.5 cm³/mol. The van der Waals surface area contributed by atoms with Gasteiger partial charge in [-0.1, -0.05) is 12.8 Å². The molecule has 1 saturated carbocycles. The van der Waals surface area contributed by atoms with Gasteiger partial charge in [0.05, 0.1) is 11.7 Å². The number of hydrogen-bond donors (Lipinski definition) is 1. The van der Waals surface area contributed by atoms with E-state index in [1.165, 1.54) is 44.9 Å². The second-order valence-corrected chi connectivity index (χ2v) is 8.55. The third-order valence-electron chi connectivity index (χ3n) is 4.87. The third-order valence-corrected chi connectivity index (χ3v) is 4.87. The summed E-state index contributed by atoms with van der Waals surface area (Å²) in [4.78, 5) is 0. The van der Waals surface area contributed by atoms with Crippen molar-refractivity contribution in [1.29, 1.82) is 0 Å². The second kappa shape index (κ2) is 5.37. The maximum absolute atomic E-state index is 6.24. The van der Waals surface area contributed by atoms with Crippen LogP contribution >= 0.6 is 0 Å². The molecule has 2 fully saturated rings. The van der Waals surface area contributed by atoms with E-state index in [9.17, 15) is 0 Å². The molecule has 0 aromatic heterocycles. The Morgan fingerprint density at radius 3 is 2.21 bits per heavy atom. The standard InChI is InChI=1S/C17H33NO/c1-15(2,3)18-13-17(9-6-7-10-17)12-14-8-11-16(4,5)19-14/h14,18H,6-13H2,1-5H3. The molecule has 1 aliphatic heterocycles. The summed E-state index contributed by atoms with van der Waals surface area (Å²) in [5, 5.41) is 3.74. The number of nitrogens with one attached hydrogen (secondary N) is 1. The van der Waals surface area contributed by atoms with Crippen LogP contribution in [0.3, 0.4) is 0 Å². The summed E-state index contributed by atoms with van der Waals surface area (Å²) in [6, 6.07) is 0. The van der Waals surface area contributed by atoms with Crippen LogP contribution in [0, 0.1) is 5.41 Å². The molecule has 1 aliphatic carbocycles. The fourth-order valence-corrected chi connectivity index (χ4v) is 3.74. The largest absolute Gasteiger partial charge is 0.372 e. The lowest BCUT2D eigenvalue weighted by molar-refractivity contribution is -0.0357. The van der Waals surface area contributed by atoms with E-state index in [-0.39, 0.29) is 11.1 Å². The van der Waals surface area contributed by atoms with Crippen LogP contribution in [0.5, 0.6) is 0 Å². The van der Waals surface area contributed by atoms with Crippen molar-refractivity contribution in [2.24, 2.45) is 5.41 Å². The van der Waals surface area contributed by atoms with Gasteiger partial charge in [0.2, 0.25) is 0 Å². The molecule has 2 rings (SSSR count). The summed E-state index contributed by atoms with van der Waals surface area (Å²) in [6.07, 6.45) is 9.82. The van der Waals surface area contributed by atoms with Crippen LogP contribution in [-0.2, 0) is 4.74 Å². The van der Waals surface area contributed by atoms with E-state index in [0.29, 0.717) is 11.5 Å². The average molecular weight is 267 g/mol. The zero-order chi connectivity index (χ0) is 14.1. The SMILES string of the molecule is CC(C)(C)NCC1(CC2CCC(C)(C)O2)CCCC1. The van der Waals surface area contributed by atoms with Crippen molar-refractivity contribution in [3.05, 3.63) is 0 Å². The summed E-state index contributed by atoms with van der Waals surface area (Å²) in [7, 11) is 0. The summed E-state index contributed by atoms with van der Waals surface area (Å²) in [6.45, 7) is 12.4. The first-order chi connectivity index (χ1) is 8.70. The van der Waals surface area contributed by atoms with E-state index >= 15 is 0 Å². The highest BCUT2D eigenvalue weighted by molar-refractivity contribution is 4.93. The Balaban J connectivity index is 1.92. The summed E-state index contributed by atoms with van der Waals surface area (Å²) in [5.41, 5.74) is 0.839. The van der Waals surface area contributed by atoms with Crippen molar-refractivity contribution in [3.63, 3.8) is 0 Å². The molecule has 1 atom stereocenters. The fourth-order valence-electron chi connectivity index (χ4n) is 3.74. The second-order valence-electron chi connectivity index (χ2n) is 8.55. The Kier molecular flexibility index (Phi) is 4.32. The Labute approximate surface area is 119 Å². The molecule has 1 heterocycles. The van der Waals surface area contributed by atoms with Gasteiger partial charge in [-0.25, -0.2) is 0 Å². The molecule has 1 N–H and O–H groups in total. The highest BCUT2D eigenvalue weighted by Crippen LogP contribution is 2.45. The number of ether oxygens (including phenoxy) is 1. The van der Waals surface area contributed by atoms with Crippen molar-refractivity contribution in [2.45, 2.75) is 96.8 Å². The zero-order valence-electron chi connectivity index (χ0n) is 13.6. The van der Waals surface area contributed by atoms with Crippen LogP contribution < -0.4 is 5.32 Å². The summed E-state index contributed by atoms with van der Waals surface area (Å²) < 4.78 is 6.24. The highest BCUT2D eigenvalue weighted by Gasteiger charge is 2.40. The van der Waals surface area contributed by atoms with Crippen LogP contribution in [0.4, 0.5) is 0 Å². The molecule has 0 radical (unpaired) electrons. The maximum Gasteiger partial charge on any atom is 0.0631 e. The van der Waals surface area contributed by atoms with E-state index in [0.717, 1.165) is 6.54 Å². The fraction of sp³-hybridized carbons (Fsp3) is 1.00. The van der Waals surface area contributed by atoms with Crippen molar-refractivity contribution in [2.75, 3.05) is 6.54 Å². The molecule has 19 heavy (non-hydrogen) atoms. The van der Waals surface area contributed by atoms with Gasteiger partial charge in [0.1, 0.15) is 0 Å². The van der Waals surface area contributed by atoms with Crippen LogP contribution in [0.15, 0.2) is 0 Å². The first kappa shape index (κ1) is 15.3. The minimum Gasteiger partial charge on any atom is -0.372 e. The van der Waals surface area contributed by atoms with Crippen LogP contribution in [0.25, 0.3) is 0 Å². The molecule has 0 bridgehead atoms. The molecular weight excluding hydrogens is 234 g/mol. The van der Waals surface area contributed by atoms with Crippen LogP contribution in [0.2, 0.25) is 0 Å². The summed E-state index contributed by atoms with van der Waals surface area (Å²) in [5.74, 6) is 0. The minimum absolute atomic E-state index is 0.113. The smallest absolute Gasteiger partial charge is 0.0631 e. The molecule has 0 amide bonds. The van der Waals surface area contributed by atoms with Gasteiger partial charge in [0, 0.05) is 12.1 Å².